The zero-order chi connectivity index (χ0) is 19.3. The molecule has 140 valence electrons. The van der Waals surface area contributed by atoms with Gasteiger partial charge in [-0.25, -0.2) is 0 Å². The highest BCUT2D eigenvalue weighted by atomic mass is 35.5. The highest BCUT2D eigenvalue weighted by Gasteiger charge is 2.27. The largest absolute Gasteiger partial charge is 0.480 e. The fourth-order valence-electron chi connectivity index (χ4n) is 2.66. The van der Waals surface area contributed by atoms with Crippen LogP contribution < -0.4 is 5.32 Å². The van der Waals surface area contributed by atoms with E-state index in [4.69, 9.17) is 16.0 Å². The van der Waals surface area contributed by atoms with Crippen molar-refractivity contribution < 1.29 is 24.2 Å². The van der Waals surface area contributed by atoms with Crippen molar-refractivity contribution in [3.05, 3.63) is 47.2 Å². The third kappa shape index (κ3) is 5.61. The average Bonchev–Trinajstić information content (AvgIpc) is 3.01. The molecule has 0 aliphatic carbocycles. The Morgan fingerprint density at radius 3 is 2.38 bits per heavy atom. The monoisotopic (exact) mass is 379 g/mol. The first-order valence-corrected chi connectivity index (χ1v) is 8.70. The molecule has 7 heteroatoms. The van der Waals surface area contributed by atoms with Crippen LogP contribution in [0.25, 0.3) is 11.3 Å². The molecule has 6 nitrogen and oxygen atoms in total. The summed E-state index contributed by atoms with van der Waals surface area (Å²) in [5.74, 6) is -1.04. The Bertz CT molecular complexity index is 771. The molecule has 2 rings (SSSR count). The van der Waals surface area contributed by atoms with Gasteiger partial charge in [0.05, 0.1) is 0 Å². The molecule has 0 radical (unpaired) electrons. The summed E-state index contributed by atoms with van der Waals surface area (Å²) in [6.45, 7) is 3.77. The Labute approximate surface area is 156 Å². The van der Waals surface area contributed by atoms with Crippen LogP contribution in [0.3, 0.4) is 0 Å². The molecule has 0 unspecified atom stereocenters. The van der Waals surface area contributed by atoms with Crippen LogP contribution in [0, 0.1) is 5.92 Å². The number of aliphatic carboxylic acids is 2. The number of benzene rings is 1. The molecule has 0 fully saturated rings. The van der Waals surface area contributed by atoms with Crippen molar-refractivity contribution in [2.75, 3.05) is 0 Å². The minimum absolute atomic E-state index is 0.0395. The topological polar surface area (TPSA) is 99.8 Å². The van der Waals surface area contributed by atoms with Crippen LogP contribution in [0.1, 0.15) is 26.0 Å². The van der Waals surface area contributed by atoms with E-state index in [0.717, 1.165) is 5.56 Å². The Balaban J connectivity index is 2.13. The van der Waals surface area contributed by atoms with E-state index in [2.05, 4.69) is 5.32 Å². The summed E-state index contributed by atoms with van der Waals surface area (Å²) in [6.07, 6.45) is 0.378. The lowest BCUT2D eigenvalue weighted by molar-refractivity contribution is -0.143. The van der Waals surface area contributed by atoms with Gasteiger partial charge in [0, 0.05) is 17.0 Å². The molecular formula is C19H22ClNO5. The second-order valence-corrected chi connectivity index (χ2v) is 6.99. The molecule has 0 bridgehead atoms. The number of hydrogen-bond acceptors (Lipinski definition) is 4. The standard InChI is InChI=1S/C19H22ClNO5/c1-11(2)8-15(18(22)23)21-16(19(24)25)10-14-6-7-17(26-14)12-4-3-5-13(20)9-12/h3-7,9,11,15-16,21H,8,10H2,1-2H3,(H,22,23)(H,24,25)/t15-,16-/m0/s1. The van der Waals surface area contributed by atoms with Gasteiger partial charge < -0.3 is 14.6 Å². The normalized spacial score (nSPS) is 13.5. The maximum atomic E-state index is 11.6. The number of halogens is 1. The lowest BCUT2D eigenvalue weighted by Crippen LogP contribution is -2.48. The first-order valence-electron chi connectivity index (χ1n) is 8.32. The van der Waals surface area contributed by atoms with E-state index in [1.54, 1.807) is 30.3 Å². The third-order valence-electron chi connectivity index (χ3n) is 3.88. The van der Waals surface area contributed by atoms with Gasteiger partial charge in [-0.05, 0) is 36.6 Å². The Hall–Kier alpha value is -2.31. The molecule has 0 saturated carbocycles. The average molecular weight is 380 g/mol. The van der Waals surface area contributed by atoms with E-state index >= 15 is 0 Å². The SMILES string of the molecule is CC(C)C[C@H](N[C@@H](Cc1ccc(-c2cccc(Cl)c2)o1)C(=O)O)C(=O)O. The van der Waals surface area contributed by atoms with E-state index in [9.17, 15) is 19.8 Å². The first-order chi connectivity index (χ1) is 12.3. The van der Waals surface area contributed by atoms with Crippen LogP contribution in [0.2, 0.25) is 5.02 Å². The number of carbonyl (C=O) groups is 2. The summed E-state index contributed by atoms with van der Waals surface area (Å²) in [5, 5.41) is 22.0. The quantitative estimate of drug-likeness (QED) is 0.614. The van der Waals surface area contributed by atoms with Gasteiger partial charge in [0.15, 0.2) is 0 Å². The van der Waals surface area contributed by atoms with Crippen molar-refractivity contribution in [3.8, 4) is 11.3 Å². The van der Waals surface area contributed by atoms with Crippen molar-refractivity contribution in [2.45, 2.75) is 38.8 Å². The predicted octanol–water partition coefficient (Wildman–Crippen LogP) is 3.68. The van der Waals surface area contributed by atoms with Crippen molar-refractivity contribution in [2.24, 2.45) is 5.92 Å². The fraction of sp³-hybridized carbons (Fsp3) is 0.368. The number of carboxylic acid groups (broad SMARTS) is 2. The van der Waals surface area contributed by atoms with Crippen LogP contribution in [0.15, 0.2) is 40.8 Å². The summed E-state index contributed by atoms with van der Waals surface area (Å²) < 4.78 is 5.72. The minimum Gasteiger partial charge on any atom is -0.480 e. The van der Waals surface area contributed by atoms with E-state index in [-0.39, 0.29) is 12.3 Å². The van der Waals surface area contributed by atoms with Crippen molar-refractivity contribution >= 4 is 23.5 Å². The molecule has 2 atom stereocenters. The number of nitrogens with one attached hydrogen (secondary N) is 1. The fourth-order valence-corrected chi connectivity index (χ4v) is 2.85. The van der Waals surface area contributed by atoms with Gasteiger partial charge in [0.2, 0.25) is 0 Å². The van der Waals surface area contributed by atoms with Gasteiger partial charge in [-0.1, -0.05) is 37.6 Å². The van der Waals surface area contributed by atoms with Gasteiger partial charge >= 0.3 is 11.9 Å². The zero-order valence-corrected chi connectivity index (χ0v) is 15.4. The maximum Gasteiger partial charge on any atom is 0.321 e. The summed E-state index contributed by atoms with van der Waals surface area (Å²) in [6, 6.07) is 8.57. The number of rotatable bonds is 9. The van der Waals surface area contributed by atoms with Crippen LogP contribution in [-0.4, -0.2) is 34.2 Å². The second kappa shape index (κ2) is 8.87. The molecule has 0 spiro atoms. The van der Waals surface area contributed by atoms with Crippen molar-refractivity contribution in [3.63, 3.8) is 0 Å². The molecule has 1 aromatic carbocycles. The predicted molar refractivity (Wildman–Crippen MR) is 98.3 cm³/mol. The minimum atomic E-state index is -1.12. The Kier molecular flexibility index (Phi) is 6.83. The molecule has 1 heterocycles. The zero-order valence-electron chi connectivity index (χ0n) is 14.6. The van der Waals surface area contributed by atoms with Gasteiger partial charge in [-0.3, -0.25) is 14.9 Å². The van der Waals surface area contributed by atoms with E-state index in [1.165, 1.54) is 0 Å². The van der Waals surface area contributed by atoms with Gasteiger partial charge in [0.1, 0.15) is 23.6 Å². The Morgan fingerprint density at radius 1 is 1.12 bits per heavy atom. The maximum absolute atomic E-state index is 11.6. The van der Waals surface area contributed by atoms with Crippen molar-refractivity contribution in [1.82, 2.24) is 5.32 Å². The van der Waals surface area contributed by atoms with Crippen LogP contribution in [0.5, 0.6) is 0 Å². The molecule has 0 amide bonds. The van der Waals surface area contributed by atoms with Gasteiger partial charge in [-0.2, -0.15) is 0 Å². The van der Waals surface area contributed by atoms with Crippen LogP contribution >= 0.6 is 11.6 Å². The highest BCUT2D eigenvalue weighted by Crippen LogP contribution is 2.25. The number of hydrogen-bond donors (Lipinski definition) is 3. The molecule has 26 heavy (non-hydrogen) atoms. The lowest BCUT2D eigenvalue weighted by atomic mass is 10.0. The van der Waals surface area contributed by atoms with E-state index in [0.29, 0.717) is 23.0 Å². The second-order valence-electron chi connectivity index (χ2n) is 6.56. The van der Waals surface area contributed by atoms with Gasteiger partial charge in [-0.15, -0.1) is 0 Å². The summed E-state index contributed by atoms with van der Waals surface area (Å²) in [4.78, 5) is 22.9. The molecule has 3 N–H and O–H groups in total. The van der Waals surface area contributed by atoms with Crippen molar-refractivity contribution in [1.29, 1.82) is 0 Å². The third-order valence-corrected chi connectivity index (χ3v) is 4.12. The summed E-state index contributed by atoms with van der Waals surface area (Å²) in [7, 11) is 0. The van der Waals surface area contributed by atoms with E-state index in [1.807, 2.05) is 19.9 Å². The summed E-state index contributed by atoms with van der Waals surface area (Å²) in [5.41, 5.74) is 0.784. The number of furan rings is 1. The molecule has 0 saturated heterocycles. The van der Waals surface area contributed by atoms with E-state index < -0.39 is 24.0 Å². The molecular weight excluding hydrogens is 358 g/mol. The van der Waals surface area contributed by atoms with Crippen LogP contribution in [-0.2, 0) is 16.0 Å². The lowest BCUT2D eigenvalue weighted by Gasteiger charge is -2.21. The first kappa shape index (κ1) is 20.0. The Morgan fingerprint density at radius 2 is 1.81 bits per heavy atom. The smallest absolute Gasteiger partial charge is 0.321 e. The molecule has 0 aliphatic heterocycles. The van der Waals surface area contributed by atoms with Crippen LogP contribution in [0.4, 0.5) is 0 Å². The molecule has 2 aromatic rings. The summed E-state index contributed by atoms with van der Waals surface area (Å²) >= 11 is 5.97. The molecule has 0 aliphatic rings. The highest BCUT2D eigenvalue weighted by molar-refractivity contribution is 6.30. The molecule has 1 aromatic heterocycles. The number of carboxylic acids is 2. The van der Waals surface area contributed by atoms with Gasteiger partial charge in [0.25, 0.3) is 0 Å².